The fourth-order valence-electron chi connectivity index (χ4n) is 2.11. The Balaban J connectivity index is 2.54. The molecular weight excluding hydrogens is 184 g/mol. The van der Waals surface area contributed by atoms with Crippen molar-refractivity contribution < 1.29 is 4.74 Å². The second-order valence-corrected chi connectivity index (χ2v) is 4.69. The molecule has 0 fully saturated rings. The van der Waals surface area contributed by atoms with Gasteiger partial charge in [-0.3, -0.25) is 0 Å². The molecule has 84 valence electrons. The Kier molecular flexibility index (Phi) is 4.67. The lowest BCUT2D eigenvalue weighted by molar-refractivity contribution is 0.329. The summed E-state index contributed by atoms with van der Waals surface area (Å²) in [5.41, 5.74) is 1.56. The average Bonchev–Trinajstić information content (AvgIpc) is 2.18. The van der Waals surface area contributed by atoms with Gasteiger partial charge in [0.15, 0.2) is 0 Å². The van der Waals surface area contributed by atoms with Crippen LogP contribution in [-0.2, 0) is 4.74 Å². The molecule has 0 spiro atoms. The van der Waals surface area contributed by atoms with Gasteiger partial charge in [0.2, 0.25) is 0 Å². The van der Waals surface area contributed by atoms with Crippen molar-refractivity contribution in [1.29, 1.82) is 0 Å². The summed E-state index contributed by atoms with van der Waals surface area (Å²) in [5, 5.41) is 0. The van der Waals surface area contributed by atoms with Gasteiger partial charge in [-0.05, 0) is 30.8 Å². The zero-order valence-corrected chi connectivity index (χ0v) is 10.1. The van der Waals surface area contributed by atoms with E-state index in [1.165, 1.54) is 12.7 Å². The van der Waals surface area contributed by atoms with Crippen LogP contribution in [0.2, 0.25) is 0 Å². The summed E-state index contributed by atoms with van der Waals surface area (Å²) in [5.74, 6) is 2.51. The molecule has 0 unspecified atom stereocenters. The number of rotatable bonds is 5. The zero-order valence-electron chi connectivity index (χ0n) is 10.1. The second-order valence-electron chi connectivity index (χ2n) is 4.69. The molecule has 0 amide bonds. The number of hydrogen-bond acceptors (Lipinski definition) is 1. The SMILES string of the molecule is C=COC1=CC=C([C@@H](C)CC(C)C)CC1. The van der Waals surface area contributed by atoms with Crippen LogP contribution in [0.25, 0.3) is 0 Å². The number of allylic oxidation sites excluding steroid dienone is 4. The molecular formula is C14H22O. The third kappa shape index (κ3) is 3.94. The molecule has 0 saturated carbocycles. The van der Waals surface area contributed by atoms with E-state index in [2.05, 4.69) is 39.5 Å². The molecule has 1 nitrogen and oxygen atoms in total. The molecule has 0 aliphatic heterocycles. The van der Waals surface area contributed by atoms with Crippen LogP contribution in [0.15, 0.2) is 36.3 Å². The van der Waals surface area contributed by atoms with Gasteiger partial charge in [0.05, 0.1) is 6.26 Å². The second kappa shape index (κ2) is 5.79. The highest BCUT2D eigenvalue weighted by atomic mass is 16.5. The molecule has 0 bridgehead atoms. The maximum absolute atomic E-state index is 5.27. The van der Waals surface area contributed by atoms with E-state index in [0.717, 1.165) is 24.5 Å². The van der Waals surface area contributed by atoms with Gasteiger partial charge in [-0.2, -0.15) is 0 Å². The van der Waals surface area contributed by atoms with Crippen molar-refractivity contribution in [2.75, 3.05) is 0 Å². The van der Waals surface area contributed by atoms with Crippen molar-refractivity contribution in [2.45, 2.75) is 40.0 Å². The van der Waals surface area contributed by atoms with Crippen LogP contribution in [0.1, 0.15) is 40.0 Å². The molecule has 0 aromatic carbocycles. The average molecular weight is 206 g/mol. The molecule has 0 radical (unpaired) electrons. The largest absolute Gasteiger partial charge is 0.470 e. The maximum atomic E-state index is 5.27. The van der Waals surface area contributed by atoms with Crippen molar-refractivity contribution in [3.63, 3.8) is 0 Å². The molecule has 0 heterocycles. The molecule has 0 N–H and O–H groups in total. The van der Waals surface area contributed by atoms with Crippen LogP contribution in [-0.4, -0.2) is 0 Å². The van der Waals surface area contributed by atoms with Gasteiger partial charge in [-0.25, -0.2) is 0 Å². The van der Waals surface area contributed by atoms with Crippen molar-refractivity contribution in [2.24, 2.45) is 11.8 Å². The van der Waals surface area contributed by atoms with E-state index in [1.54, 1.807) is 5.57 Å². The van der Waals surface area contributed by atoms with Crippen LogP contribution in [0, 0.1) is 11.8 Å². The Morgan fingerprint density at radius 2 is 2.07 bits per heavy atom. The summed E-state index contributed by atoms with van der Waals surface area (Å²) in [6, 6.07) is 0. The van der Waals surface area contributed by atoms with Crippen molar-refractivity contribution in [3.05, 3.63) is 36.3 Å². The first-order valence-corrected chi connectivity index (χ1v) is 5.80. The van der Waals surface area contributed by atoms with Gasteiger partial charge >= 0.3 is 0 Å². The van der Waals surface area contributed by atoms with Gasteiger partial charge in [0.1, 0.15) is 5.76 Å². The van der Waals surface area contributed by atoms with Crippen LogP contribution in [0.3, 0.4) is 0 Å². The molecule has 0 saturated heterocycles. The third-order valence-corrected chi connectivity index (χ3v) is 2.84. The standard InChI is InChI=1S/C14H22O/c1-5-15-14-8-6-13(7-9-14)12(4)10-11(2)3/h5-6,8,11-12H,1,7,9-10H2,2-4H3/t12-/m0/s1. The van der Waals surface area contributed by atoms with E-state index in [9.17, 15) is 0 Å². The highest BCUT2D eigenvalue weighted by Gasteiger charge is 2.14. The fraction of sp³-hybridized carbons (Fsp3) is 0.571. The van der Waals surface area contributed by atoms with Gasteiger partial charge in [0, 0.05) is 6.42 Å². The minimum atomic E-state index is 0.700. The van der Waals surface area contributed by atoms with E-state index in [4.69, 9.17) is 4.74 Å². The first-order valence-electron chi connectivity index (χ1n) is 5.80. The van der Waals surface area contributed by atoms with E-state index in [0.29, 0.717) is 5.92 Å². The van der Waals surface area contributed by atoms with Gasteiger partial charge in [-0.15, -0.1) is 0 Å². The Morgan fingerprint density at radius 1 is 1.33 bits per heavy atom. The summed E-state index contributed by atoms with van der Waals surface area (Å²) >= 11 is 0. The topological polar surface area (TPSA) is 9.23 Å². The molecule has 1 atom stereocenters. The summed E-state index contributed by atoms with van der Waals surface area (Å²) in [6.45, 7) is 10.4. The molecule has 0 aromatic rings. The van der Waals surface area contributed by atoms with Crippen LogP contribution in [0.4, 0.5) is 0 Å². The third-order valence-electron chi connectivity index (χ3n) is 2.84. The smallest absolute Gasteiger partial charge is 0.103 e. The number of hydrogen-bond donors (Lipinski definition) is 0. The first kappa shape index (κ1) is 12.1. The van der Waals surface area contributed by atoms with Crippen molar-refractivity contribution in [1.82, 2.24) is 0 Å². The molecule has 1 aliphatic carbocycles. The Morgan fingerprint density at radius 3 is 2.53 bits per heavy atom. The summed E-state index contributed by atoms with van der Waals surface area (Å²) in [6.07, 6.45) is 9.22. The molecule has 1 rings (SSSR count). The summed E-state index contributed by atoms with van der Waals surface area (Å²) < 4.78 is 5.27. The fourth-order valence-corrected chi connectivity index (χ4v) is 2.11. The van der Waals surface area contributed by atoms with Crippen LogP contribution >= 0.6 is 0 Å². The predicted octanol–water partition coefficient (Wildman–Crippen LogP) is 4.43. The Bertz CT molecular complexity index is 271. The van der Waals surface area contributed by atoms with E-state index in [1.807, 2.05) is 0 Å². The Labute approximate surface area is 93.5 Å². The monoisotopic (exact) mass is 206 g/mol. The lowest BCUT2D eigenvalue weighted by atomic mass is 9.87. The van der Waals surface area contributed by atoms with Gasteiger partial charge in [-0.1, -0.05) is 39.0 Å². The van der Waals surface area contributed by atoms with E-state index < -0.39 is 0 Å². The van der Waals surface area contributed by atoms with Crippen LogP contribution in [0.5, 0.6) is 0 Å². The normalized spacial score (nSPS) is 18.1. The highest BCUT2D eigenvalue weighted by molar-refractivity contribution is 5.22. The molecule has 1 aliphatic rings. The lowest BCUT2D eigenvalue weighted by Gasteiger charge is -2.21. The minimum Gasteiger partial charge on any atom is -0.470 e. The van der Waals surface area contributed by atoms with E-state index >= 15 is 0 Å². The lowest BCUT2D eigenvalue weighted by Crippen LogP contribution is -2.06. The summed E-state index contributed by atoms with van der Waals surface area (Å²) in [4.78, 5) is 0. The van der Waals surface area contributed by atoms with Gasteiger partial charge < -0.3 is 4.74 Å². The van der Waals surface area contributed by atoms with Crippen molar-refractivity contribution in [3.8, 4) is 0 Å². The van der Waals surface area contributed by atoms with Crippen LogP contribution < -0.4 is 0 Å². The van der Waals surface area contributed by atoms with Crippen molar-refractivity contribution >= 4 is 0 Å². The molecule has 0 aromatic heterocycles. The number of ether oxygens (including phenoxy) is 1. The highest BCUT2D eigenvalue weighted by Crippen LogP contribution is 2.28. The molecule has 1 heteroatoms. The maximum Gasteiger partial charge on any atom is 0.103 e. The predicted molar refractivity (Wildman–Crippen MR) is 65.3 cm³/mol. The van der Waals surface area contributed by atoms with Gasteiger partial charge in [0.25, 0.3) is 0 Å². The first-order chi connectivity index (χ1) is 7.13. The summed E-state index contributed by atoms with van der Waals surface area (Å²) in [7, 11) is 0. The minimum absolute atomic E-state index is 0.700. The zero-order chi connectivity index (χ0) is 11.3. The van der Waals surface area contributed by atoms with E-state index in [-0.39, 0.29) is 0 Å². The Hall–Kier alpha value is -0.980. The quantitative estimate of drug-likeness (QED) is 0.604. The molecule has 15 heavy (non-hydrogen) atoms.